The number of carbonyl (C=O) groups is 2. The van der Waals surface area contributed by atoms with E-state index in [0.717, 1.165) is 57.1 Å². The summed E-state index contributed by atoms with van der Waals surface area (Å²) in [6.45, 7) is 2.32. The number of amides is 1. The smallest absolute Gasteiger partial charge is 0.345 e. The normalized spacial score (nSPS) is 12.9. The number of benzene rings is 1. The maximum absolute atomic E-state index is 12.2. The average molecular weight is 556 g/mol. The van der Waals surface area contributed by atoms with Crippen molar-refractivity contribution in [3.8, 4) is 5.75 Å². The molecule has 0 aliphatic heterocycles. The Morgan fingerprint density at radius 1 is 0.897 bits per heavy atom. The van der Waals surface area contributed by atoms with Crippen molar-refractivity contribution in [3.63, 3.8) is 0 Å². The molecule has 1 aromatic rings. The topological polar surface area (TPSA) is 84.9 Å². The number of phenols is 1. The van der Waals surface area contributed by atoms with Crippen LogP contribution in [0.4, 0.5) is 0 Å². The number of ether oxygens (including phenoxy) is 2. The quantitative estimate of drug-likeness (QED) is 0.0717. The molecule has 1 unspecified atom stereocenters. The number of nitrogens with one attached hydrogen (secondary N) is 1. The van der Waals surface area contributed by atoms with Gasteiger partial charge >= 0.3 is 5.97 Å². The molecule has 6 nitrogen and oxygen atoms in total. The van der Waals surface area contributed by atoms with Crippen molar-refractivity contribution >= 4 is 23.6 Å². The summed E-state index contributed by atoms with van der Waals surface area (Å²) in [5, 5.41) is 12.3. The highest BCUT2D eigenvalue weighted by atomic mass is 32.2. The lowest BCUT2D eigenvalue weighted by molar-refractivity contribution is -0.149. The number of unbranched alkanes of at least 4 members (excludes halogenated alkanes) is 2. The van der Waals surface area contributed by atoms with Crippen molar-refractivity contribution in [1.29, 1.82) is 0 Å². The lowest BCUT2D eigenvalue weighted by Crippen LogP contribution is -2.30. The molecule has 0 radical (unpaired) electrons. The average Bonchev–Trinajstić information content (AvgIpc) is 2.94. The fourth-order valence-electron chi connectivity index (χ4n) is 3.30. The van der Waals surface area contributed by atoms with Gasteiger partial charge in [0.15, 0.2) is 5.44 Å². The van der Waals surface area contributed by atoms with Crippen molar-refractivity contribution in [2.75, 3.05) is 26.0 Å². The molecule has 0 aliphatic carbocycles. The number of rotatable bonds is 21. The van der Waals surface area contributed by atoms with Gasteiger partial charge in [0.05, 0.1) is 12.1 Å². The zero-order valence-electron chi connectivity index (χ0n) is 23.4. The number of phenolic OH excluding ortho intramolecular Hbond substituents is 1. The van der Waals surface area contributed by atoms with Crippen LogP contribution in [0.5, 0.6) is 5.75 Å². The number of aromatic hydroxyl groups is 1. The predicted octanol–water partition coefficient (Wildman–Crippen LogP) is 7.29. The lowest BCUT2D eigenvalue weighted by atomic mass is 10.2. The third-order valence-corrected chi connectivity index (χ3v) is 6.59. The van der Waals surface area contributed by atoms with E-state index in [1.165, 1.54) is 31.0 Å². The standard InChI is InChI=1S/C32H45NO5S/c1-3-4-5-6-7-8-9-10-11-12-13-14-15-16-17-18-19-22-27-39-32(37-2)31(36)38-26-25-33-30(35)28-23-20-21-24-29(28)34/h4-5,7-8,10-11,13-14,16-17,20-21,23-24,32,34H,3,6,9,12,15,18-19,22,25-27H2,1-2H3,(H,33,35). The monoisotopic (exact) mass is 555 g/mol. The van der Waals surface area contributed by atoms with E-state index < -0.39 is 17.3 Å². The van der Waals surface area contributed by atoms with Crippen molar-refractivity contribution < 1.29 is 24.2 Å². The van der Waals surface area contributed by atoms with E-state index in [0.29, 0.717) is 0 Å². The molecule has 0 heterocycles. The maximum atomic E-state index is 12.2. The SMILES string of the molecule is CCC=CCC=CCC=CCC=CCC=CCCCCSC(OC)C(=O)OCCNC(=O)c1ccccc1O. The van der Waals surface area contributed by atoms with Crippen LogP contribution < -0.4 is 5.32 Å². The molecule has 0 spiro atoms. The molecule has 0 saturated carbocycles. The highest BCUT2D eigenvalue weighted by molar-refractivity contribution is 8.00. The second kappa shape index (κ2) is 24.0. The van der Waals surface area contributed by atoms with Gasteiger partial charge in [-0.3, -0.25) is 4.79 Å². The van der Waals surface area contributed by atoms with E-state index in [9.17, 15) is 14.7 Å². The predicted molar refractivity (Wildman–Crippen MR) is 163 cm³/mol. The van der Waals surface area contributed by atoms with Crippen LogP contribution >= 0.6 is 11.8 Å². The number of allylic oxidation sites excluding steroid dienone is 10. The highest BCUT2D eigenvalue weighted by Crippen LogP contribution is 2.17. The number of hydrogen-bond donors (Lipinski definition) is 2. The van der Waals surface area contributed by atoms with Gasteiger partial charge in [0, 0.05) is 7.11 Å². The molecule has 39 heavy (non-hydrogen) atoms. The zero-order chi connectivity index (χ0) is 28.4. The summed E-state index contributed by atoms with van der Waals surface area (Å²) in [4.78, 5) is 24.3. The van der Waals surface area contributed by atoms with Gasteiger partial charge in [-0.15, -0.1) is 11.8 Å². The first-order valence-corrected chi connectivity index (χ1v) is 14.8. The largest absolute Gasteiger partial charge is 0.507 e. The van der Waals surface area contributed by atoms with Crippen LogP contribution in [0.1, 0.15) is 68.6 Å². The van der Waals surface area contributed by atoms with Gasteiger partial charge in [0.25, 0.3) is 5.91 Å². The van der Waals surface area contributed by atoms with Gasteiger partial charge in [-0.2, -0.15) is 0 Å². The molecule has 0 bridgehead atoms. The third kappa shape index (κ3) is 18.0. The Balaban J connectivity index is 2.05. The molecule has 7 heteroatoms. The molecule has 0 saturated heterocycles. The van der Waals surface area contributed by atoms with Crippen LogP contribution in [0.15, 0.2) is 85.0 Å². The van der Waals surface area contributed by atoms with E-state index in [1.54, 1.807) is 12.1 Å². The highest BCUT2D eigenvalue weighted by Gasteiger charge is 2.19. The summed E-state index contributed by atoms with van der Waals surface area (Å²) in [5.74, 6) is -0.182. The van der Waals surface area contributed by atoms with Gasteiger partial charge in [0.1, 0.15) is 12.4 Å². The summed E-state index contributed by atoms with van der Waals surface area (Å²) in [7, 11) is 1.48. The van der Waals surface area contributed by atoms with Crippen LogP contribution in [-0.4, -0.2) is 48.4 Å². The molecule has 0 fully saturated rings. The molecule has 1 aromatic carbocycles. The maximum Gasteiger partial charge on any atom is 0.345 e. The first-order valence-electron chi connectivity index (χ1n) is 13.7. The molecule has 1 rings (SSSR count). The number of hydrogen-bond acceptors (Lipinski definition) is 6. The Hall–Kier alpha value is -3.03. The van der Waals surface area contributed by atoms with Gasteiger partial charge in [-0.05, 0) is 69.3 Å². The number of esters is 1. The molecule has 0 aromatic heterocycles. The summed E-state index contributed by atoms with van der Waals surface area (Å²) in [6, 6.07) is 6.27. The van der Waals surface area contributed by atoms with Crippen molar-refractivity contribution in [2.24, 2.45) is 0 Å². The molecule has 214 valence electrons. The number of thioether (sulfide) groups is 1. The summed E-state index contributed by atoms with van der Waals surface area (Å²) < 4.78 is 10.5. The van der Waals surface area contributed by atoms with Gasteiger partial charge in [0.2, 0.25) is 0 Å². The Morgan fingerprint density at radius 3 is 2.08 bits per heavy atom. The zero-order valence-corrected chi connectivity index (χ0v) is 24.2. The van der Waals surface area contributed by atoms with Crippen LogP contribution in [-0.2, 0) is 14.3 Å². The minimum absolute atomic E-state index is 0.0304. The number of methoxy groups -OCH3 is 1. The molecule has 1 amide bonds. The van der Waals surface area contributed by atoms with E-state index >= 15 is 0 Å². The van der Waals surface area contributed by atoms with Crippen LogP contribution in [0.2, 0.25) is 0 Å². The van der Waals surface area contributed by atoms with Gasteiger partial charge in [-0.1, -0.05) is 79.8 Å². The Labute approximate surface area is 238 Å². The number of carbonyl (C=O) groups excluding carboxylic acids is 2. The Bertz CT molecular complexity index is 952. The Morgan fingerprint density at radius 2 is 1.49 bits per heavy atom. The van der Waals surface area contributed by atoms with Crippen molar-refractivity contribution in [1.82, 2.24) is 5.32 Å². The van der Waals surface area contributed by atoms with Crippen LogP contribution in [0.25, 0.3) is 0 Å². The van der Waals surface area contributed by atoms with E-state index in [1.807, 2.05) is 0 Å². The van der Waals surface area contributed by atoms with Crippen molar-refractivity contribution in [2.45, 2.75) is 63.7 Å². The molecule has 2 N–H and O–H groups in total. The summed E-state index contributed by atoms with van der Waals surface area (Å²) >= 11 is 1.42. The third-order valence-electron chi connectivity index (χ3n) is 5.38. The Kier molecular flexibility index (Phi) is 21.0. The van der Waals surface area contributed by atoms with E-state index in [2.05, 4.69) is 73.0 Å². The summed E-state index contributed by atoms with van der Waals surface area (Å²) in [5.41, 5.74) is -0.508. The second-order valence-corrected chi connectivity index (χ2v) is 9.75. The van der Waals surface area contributed by atoms with E-state index in [-0.39, 0.29) is 24.5 Å². The minimum atomic E-state index is -0.687. The first-order chi connectivity index (χ1) is 19.1. The number of para-hydroxylation sites is 1. The first kappa shape index (κ1) is 34.0. The van der Waals surface area contributed by atoms with Gasteiger partial charge < -0.3 is 19.9 Å². The molecule has 1 atom stereocenters. The molecular weight excluding hydrogens is 510 g/mol. The summed E-state index contributed by atoms with van der Waals surface area (Å²) in [6.07, 6.45) is 30.0. The fourth-order valence-corrected chi connectivity index (χ4v) is 4.23. The molecule has 0 aliphatic rings. The van der Waals surface area contributed by atoms with Crippen LogP contribution in [0.3, 0.4) is 0 Å². The van der Waals surface area contributed by atoms with Gasteiger partial charge in [-0.25, -0.2) is 4.79 Å². The minimum Gasteiger partial charge on any atom is -0.507 e. The second-order valence-electron chi connectivity index (χ2n) is 8.58. The molecular formula is C32H45NO5S. The van der Waals surface area contributed by atoms with Crippen molar-refractivity contribution in [3.05, 3.63) is 90.6 Å². The lowest BCUT2D eigenvalue weighted by Gasteiger charge is -2.14. The van der Waals surface area contributed by atoms with E-state index in [4.69, 9.17) is 9.47 Å². The van der Waals surface area contributed by atoms with Crippen LogP contribution in [0, 0.1) is 0 Å². The fraction of sp³-hybridized carbons (Fsp3) is 0.438.